The molecule has 0 N–H and O–H groups in total. The van der Waals surface area contributed by atoms with E-state index in [2.05, 4.69) is 80.7 Å². The van der Waals surface area contributed by atoms with E-state index in [1.165, 1.54) is 0 Å². The maximum atomic E-state index is 15.6. The molecule has 47 heavy (non-hydrogen) atoms. The SMILES string of the molecule is CC1(C)[C@H](C#N)[C@H]2C[C@]3(C)[C@@H](O[Si](C)(C)C(C)(C)C)CC[C@H](CO[Si](C)(C)C(C)(C)C)[C@]3(O2)C(=O)[C@@H]1CCS(=O)(=O)c1ccccc1. The quantitative estimate of drug-likeness (QED) is 0.238. The molecule has 264 valence electrons. The monoisotopic (exact) mass is 703 g/mol. The number of fused-ring (bicyclic) bond motifs is 1. The summed E-state index contributed by atoms with van der Waals surface area (Å²) in [4.78, 5) is 15.9. The van der Waals surface area contributed by atoms with Gasteiger partial charge in [0.25, 0.3) is 0 Å². The largest absolute Gasteiger partial charge is 0.416 e. The lowest BCUT2D eigenvalue weighted by Crippen LogP contribution is -2.68. The van der Waals surface area contributed by atoms with Crippen LogP contribution in [0.25, 0.3) is 0 Å². The van der Waals surface area contributed by atoms with Gasteiger partial charge in [-0.05, 0) is 79.5 Å². The van der Waals surface area contributed by atoms with Gasteiger partial charge in [0.15, 0.2) is 32.3 Å². The molecule has 0 amide bonds. The molecule has 1 saturated carbocycles. The van der Waals surface area contributed by atoms with E-state index in [1.807, 2.05) is 13.8 Å². The molecule has 2 bridgehead atoms. The van der Waals surface area contributed by atoms with Crippen molar-refractivity contribution in [3.8, 4) is 6.07 Å². The second kappa shape index (κ2) is 12.5. The fourth-order valence-corrected chi connectivity index (χ4v) is 11.9. The van der Waals surface area contributed by atoms with E-state index in [9.17, 15) is 13.7 Å². The number of hydrogen-bond acceptors (Lipinski definition) is 7. The van der Waals surface area contributed by atoms with Crippen molar-refractivity contribution in [1.29, 1.82) is 5.26 Å². The number of rotatable bonds is 9. The zero-order chi connectivity index (χ0) is 35.6. The van der Waals surface area contributed by atoms with Crippen LogP contribution in [0.2, 0.25) is 36.3 Å². The molecule has 7 atom stereocenters. The maximum Gasteiger partial charge on any atom is 0.192 e. The number of ether oxygens (including phenoxy) is 1. The van der Waals surface area contributed by atoms with Crippen LogP contribution in [0.4, 0.5) is 0 Å². The van der Waals surface area contributed by atoms with Crippen molar-refractivity contribution in [2.45, 2.75) is 147 Å². The zero-order valence-corrected chi connectivity index (χ0v) is 34.1. The topological polar surface area (TPSA) is 103 Å². The summed E-state index contributed by atoms with van der Waals surface area (Å²) in [5.74, 6) is -1.77. The van der Waals surface area contributed by atoms with E-state index < -0.39 is 60.8 Å². The zero-order valence-electron chi connectivity index (χ0n) is 31.3. The van der Waals surface area contributed by atoms with Crippen LogP contribution in [0, 0.1) is 39.9 Å². The van der Waals surface area contributed by atoms with Crippen LogP contribution in [0.5, 0.6) is 0 Å². The first-order valence-electron chi connectivity index (χ1n) is 17.5. The van der Waals surface area contributed by atoms with Crippen molar-refractivity contribution in [3.63, 3.8) is 0 Å². The molecule has 3 aliphatic rings. The molecular formula is C37H61NO6SSi2. The second-order valence-corrected chi connectivity index (χ2v) is 30.2. The summed E-state index contributed by atoms with van der Waals surface area (Å²) in [5, 5.41) is 10.7. The summed E-state index contributed by atoms with van der Waals surface area (Å²) in [6.45, 7) is 28.8. The van der Waals surface area contributed by atoms with Crippen LogP contribution in [0.1, 0.15) is 88.0 Å². The van der Waals surface area contributed by atoms with Gasteiger partial charge in [0, 0.05) is 23.9 Å². The van der Waals surface area contributed by atoms with E-state index in [4.69, 9.17) is 13.6 Å². The smallest absolute Gasteiger partial charge is 0.192 e. The Kier molecular flexibility index (Phi) is 10.2. The van der Waals surface area contributed by atoms with Gasteiger partial charge in [-0.2, -0.15) is 5.26 Å². The van der Waals surface area contributed by atoms with E-state index in [-0.39, 0.29) is 45.0 Å². The average molecular weight is 704 g/mol. The lowest BCUT2D eigenvalue weighted by molar-refractivity contribution is -0.193. The Hall–Kier alpha value is -1.36. The Morgan fingerprint density at radius 1 is 0.957 bits per heavy atom. The maximum absolute atomic E-state index is 15.6. The fourth-order valence-electron chi connectivity index (χ4n) is 8.03. The number of sulfone groups is 1. The molecule has 2 aliphatic heterocycles. The molecule has 1 aliphatic carbocycles. The fraction of sp³-hybridized carbons (Fsp3) is 0.784. The highest BCUT2D eigenvalue weighted by molar-refractivity contribution is 7.91. The van der Waals surface area contributed by atoms with E-state index >= 15 is 4.79 Å². The summed E-state index contributed by atoms with van der Waals surface area (Å²) in [5.41, 5.74) is -2.76. The predicted octanol–water partition coefficient (Wildman–Crippen LogP) is 8.57. The Balaban J connectivity index is 1.85. The van der Waals surface area contributed by atoms with Gasteiger partial charge in [-0.1, -0.05) is 80.5 Å². The van der Waals surface area contributed by atoms with Crippen molar-refractivity contribution >= 4 is 32.3 Å². The summed E-state index contributed by atoms with van der Waals surface area (Å²) in [7, 11) is -8.10. The molecule has 7 nitrogen and oxygen atoms in total. The molecule has 0 aromatic heterocycles. The van der Waals surface area contributed by atoms with Crippen molar-refractivity contribution in [3.05, 3.63) is 30.3 Å². The average Bonchev–Trinajstić information content (AvgIpc) is 3.23. The van der Waals surface area contributed by atoms with Crippen LogP contribution in [-0.2, 0) is 28.2 Å². The van der Waals surface area contributed by atoms with Gasteiger partial charge >= 0.3 is 0 Å². The minimum absolute atomic E-state index is 0.00856. The molecule has 1 spiro atoms. The number of hydrogen-bond donors (Lipinski definition) is 0. The van der Waals surface area contributed by atoms with Gasteiger partial charge in [0.1, 0.15) is 5.60 Å². The lowest BCUT2D eigenvalue weighted by Gasteiger charge is -2.57. The number of nitrogens with zero attached hydrogens (tertiary/aromatic N) is 1. The second-order valence-electron chi connectivity index (χ2n) is 18.5. The Morgan fingerprint density at radius 2 is 1.53 bits per heavy atom. The van der Waals surface area contributed by atoms with Crippen LogP contribution >= 0.6 is 0 Å². The van der Waals surface area contributed by atoms with Crippen LogP contribution in [0.15, 0.2) is 35.2 Å². The van der Waals surface area contributed by atoms with Gasteiger partial charge in [-0.3, -0.25) is 4.79 Å². The number of carbonyl (C=O) groups excluding carboxylic acids is 1. The first-order chi connectivity index (χ1) is 21.3. The van der Waals surface area contributed by atoms with Crippen LogP contribution < -0.4 is 0 Å². The van der Waals surface area contributed by atoms with Crippen LogP contribution in [0.3, 0.4) is 0 Å². The Bertz CT molecular complexity index is 1470. The van der Waals surface area contributed by atoms with E-state index in [0.717, 1.165) is 6.42 Å². The molecule has 0 unspecified atom stereocenters. The van der Waals surface area contributed by atoms with E-state index in [0.29, 0.717) is 19.4 Å². The molecule has 1 aromatic rings. The number of nitriles is 1. The predicted molar refractivity (Wildman–Crippen MR) is 193 cm³/mol. The summed E-state index contributed by atoms with van der Waals surface area (Å²) in [6, 6.07) is 11.0. The van der Waals surface area contributed by atoms with Gasteiger partial charge < -0.3 is 13.6 Å². The van der Waals surface area contributed by atoms with Gasteiger partial charge in [0.05, 0.1) is 34.8 Å². The highest BCUT2D eigenvalue weighted by Crippen LogP contribution is 2.66. The normalized spacial score (nSPS) is 33.2. The third-order valence-electron chi connectivity index (χ3n) is 13.2. The highest BCUT2D eigenvalue weighted by atomic mass is 32.2. The molecule has 10 heteroatoms. The van der Waals surface area contributed by atoms with Gasteiger partial charge in [-0.15, -0.1) is 0 Å². The minimum Gasteiger partial charge on any atom is -0.416 e. The number of ketones is 1. The summed E-state index contributed by atoms with van der Waals surface area (Å²) >= 11 is 0. The number of benzene rings is 1. The van der Waals surface area contributed by atoms with Crippen molar-refractivity contribution in [2.75, 3.05) is 12.4 Å². The third-order valence-corrected chi connectivity index (χ3v) is 24.0. The summed E-state index contributed by atoms with van der Waals surface area (Å²) < 4.78 is 48.4. The molecule has 0 radical (unpaired) electrons. The highest BCUT2D eigenvalue weighted by Gasteiger charge is 2.74. The van der Waals surface area contributed by atoms with Gasteiger partial charge in [0.2, 0.25) is 0 Å². The Morgan fingerprint density at radius 3 is 2.06 bits per heavy atom. The van der Waals surface area contributed by atoms with Gasteiger partial charge in [-0.25, -0.2) is 8.42 Å². The molecule has 1 aromatic carbocycles. The molecule has 2 heterocycles. The molecule has 3 fully saturated rings. The van der Waals surface area contributed by atoms with Crippen molar-refractivity contribution in [2.24, 2.45) is 28.6 Å². The first kappa shape index (κ1) is 38.4. The summed E-state index contributed by atoms with van der Waals surface area (Å²) in [6.07, 6.45) is 1.46. The first-order valence-corrected chi connectivity index (χ1v) is 25.0. The lowest BCUT2D eigenvalue weighted by atomic mass is 9.50. The third kappa shape index (κ3) is 6.51. The van der Waals surface area contributed by atoms with Crippen LogP contribution in [-0.4, -0.2) is 61.0 Å². The van der Waals surface area contributed by atoms with Crippen molar-refractivity contribution < 1.29 is 26.8 Å². The number of Topliss-reactive ketones (excluding diaryl/α,β-unsaturated/α-hetero) is 1. The molecule has 2 saturated heterocycles. The standard InChI is InChI=1S/C37H61NO6SSi2/c1-33(2,3)46(10,11)42-25-26-19-20-31(44-47(12,13)34(4,5)6)36(9)23-30-29(24-38)35(7,8)28(32(39)37(26,36)43-30)21-22-45(40,41)27-17-15-14-16-18-27/h14-18,26,28-31H,19-23,25H2,1-13H3/t26-,28+,29-,30-,31+,36-,37+/m1/s1. The number of carbonyl (C=O) groups is 1. The molecular weight excluding hydrogens is 643 g/mol. The van der Waals surface area contributed by atoms with E-state index in [1.54, 1.807) is 30.3 Å². The molecule has 4 rings (SSSR count). The van der Waals surface area contributed by atoms with Crippen molar-refractivity contribution in [1.82, 2.24) is 0 Å². The minimum atomic E-state index is -3.65. The Labute approximate surface area is 287 Å².